The van der Waals surface area contributed by atoms with Crippen molar-refractivity contribution in [2.24, 2.45) is 0 Å². The number of sulfonamides is 1. The third-order valence-corrected chi connectivity index (χ3v) is 4.65. The monoisotopic (exact) mass is 234 g/mol. The van der Waals surface area contributed by atoms with Crippen molar-refractivity contribution in [3.05, 3.63) is 17.0 Å². The van der Waals surface area contributed by atoms with Gasteiger partial charge in [-0.3, -0.25) is 0 Å². The lowest BCUT2D eigenvalue weighted by Gasteiger charge is -1.97. The summed E-state index contributed by atoms with van der Waals surface area (Å²) in [6, 6.07) is 1.69. The Kier molecular flexibility index (Phi) is 4.06. The quantitative estimate of drug-likeness (QED) is 0.791. The number of hydrogen-bond donors (Lipinski definition) is 2. The van der Waals surface area contributed by atoms with E-state index in [0.717, 1.165) is 12.1 Å². The Bertz CT molecular complexity index is 384. The standard InChI is InChI=1S/C8H14N2O2S2/c1-3-10-5-7-4-8(13-6-7)14(11,12)9-2/h4,6,9-10H,3,5H2,1-2H3. The van der Waals surface area contributed by atoms with Gasteiger partial charge in [-0.15, -0.1) is 11.3 Å². The highest BCUT2D eigenvalue weighted by molar-refractivity contribution is 7.91. The van der Waals surface area contributed by atoms with Gasteiger partial charge in [0, 0.05) is 6.54 Å². The van der Waals surface area contributed by atoms with Crippen LogP contribution in [-0.4, -0.2) is 22.0 Å². The van der Waals surface area contributed by atoms with Crippen molar-refractivity contribution < 1.29 is 8.42 Å². The van der Waals surface area contributed by atoms with Crippen molar-refractivity contribution in [3.63, 3.8) is 0 Å². The van der Waals surface area contributed by atoms with Gasteiger partial charge in [0.2, 0.25) is 10.0 Å². The Labute approximate surface area is 88.4 Å². The van der Waals surface area contributed by atoms with E-state index in [1.165, 1.54) is 18.4 Å². The van der Waals surface area contributed by atoms with Gasteiger partial charge in [0.25, 0.3) is 0 Å². The minimum absolute atomic E-state index is 0.368. The molecule has 0 amide bonds. The molecular formula is C8H14N2O2S2. The molecular weight excluding hydrogens is 220 g/mol. The molecule has 6 heteroatoms. The zero-order valence-corrected chi connectivity index (χ0v) is 9.83. The molecule has 0 unspecified atom stereocenters. The highest BCUT2D eigenvalue weighted by Gasteiger charge is 2.13. The normalized spacial score (nSPS) is 11.9. The summed E-state index contributed by atoms with van der Waals surface area (Å²) in [6.45, 7) is 3.60. The summed E-state index contributed by atoms with van der Waals surface area (Å²) < 4.78 is 25.4. The fraction of sp³-hybridized carbons (Fsp3) is 0.500. The lowest BCUT2D eigenvalue weighted by molar-refractivity contribution is 0.590. The van der Waals surface area contributed by atoms with Crippen LogP contribution in [0.4, 0.5) is 0 Å². The molecule has 0 aromatic carbocycles. The Balaban J connectivity index is 2.78. The zero-order valence-electron chi connectivity index (χ0n) is 8.20. The molecule has 1 heterocycles. The van der Waals surface area contributed by atoms with E-state index in [0.29, 0.717) is 10.8 Å². The summed E-state index contributed by atoms with van der Waals surface area (Å²) in [5.41, 5.74) is 1.01. The van der Waals surface area contributed by atoms with E-state index in [-0.39, 0.29) is 0 Å². The summed E-state index contributed by atoms with van der Waals surface area (Å²) in [6.07, 6.45) is 0. The molecule has 0 saturated carbocycles. The third-order valence-electron chi connectivity index (χ3n) is 1.74. The smallest absolute Gasteiger partial charge is 0.249 e. The number of thiophene rings is 1. The highest BCUT2D eigenvalue weighted by atomic mass is 32.2. The second-order valence-corrected chi connectivity index (χ2v) is 5.79. The molecule has 0 saturated heterocycles. The Morgan fingerprint density at radius 2 is 2.21 bits per heavy atom. The molecule has 0 radical (unpaired) electrons. The molecule has 2 N–H and O–H groups in total. The van der Waals surface area contributed by atoms with E-state index in [1.807, 2.05) is 12.3 Å². The van der Waals surface area contributed by atoms with Crippen LogP contribution >= 0.6 is 11.3 Å². The minimum atomic E-state index is -3.26. The average Bonchev–Trinajstić information content (AvgIpc) is 2.63. The lowest BCUT2D eigenvalue weighted by Crippen LogP contribution is -2.17. The van der Waals surface area contributed by atoms with E-state index in [9.17, 15) is 8.42 Å². The molecule has 1 rings (SSSR count). The van der Waals surface area contributed by atoms with Gasteiger partial charge in [0.15, 0.2) is 0 Å². The van der Waals surface area contributed by atoms with E-state index < -0.39 is 10.0 Å². The molecule has 1 aromatic rings. The van der Waals surface area contributed by atoms with Crippen LogP contribution in [0.25, 0.3) is 0 Å². The van der Waals surface area contributed by atoms with Crippen LogP contribution in [-0.2, 0) is 16.6 Å². The largest absolute Gasteiger partial charge is 0.313 e. The van der Waals surface area contributed by atoms with Crippen LogP contribution in [0.5, 0.6) is 0 Å². The topological polar surface area (TPSA) is 58.2 Å². The summed E-state index contributed by atoms with van der Waals surface area (Å²) in [5.74, 6) is 0. The van der Waals surface area contributed by atoms with Gasteiger partial charge in [0.05, 0.1) is 0 Å². The maximum absolute atomic E-state index is 11.4. The highest BCUT2D eigenvalue weighted by Crippen LogP contribution is 2.19. The average molecular weight is 234 g/mol. The fourth-order valence-electron chi connectivity index (χ4n) is 0.957. The first-order valence-corrected chi connectivity index (χ1v) is 6.68. The molecule has 4 nitrogen and oxygen atoms in total. The van der Waals surface area contributed by atoms with Crippen LogP contribution in [0, 0.1) is 0 Å². The third kappa shape index (κ3) is 2.78. The molecule has 0 atom stereocenters. The van der Waals surface area contributed by atoms with Crippen LogP contribution < -0.4 is 10.0 Å². The van der Waals surface area contributed by atoms with E-state index in [2.05, 4.69) is 10.0 Å². The van der Waals surface area contributed by atoms with E-state index in [4.69, 9.17) is 0 Å². The molecule has 0 bridgehead atoms. The van der Waals surface area contributed by atoms with Gasteiger partial charge in [-0.2, -0.15) is 0 Å². The summed E-state index contributed by atoms with van der Waals surface area (Å²) >= 11 is 1.24. The van der Waals surface area contributed by atoms with E-state index in [1.54, 1.807) is 6.07 Å². The summed E-state index contributed by atoms with van der Waals surface area (Å²) in [7, 11) is -1.85. The van der Waals surface area contributed by atoms with Crippen LogP contribution in [0.3, 0.4) is 0 Å². The number of hydrogen-bond acceptors (Lipinski definition) is 4. The molecule has 0 aliphatic heterocycles. The molecule has 1 aromatic heterocycles. The van der Waals surface area contributed by atoms with Gasteiger partial charge in [0.1, 0.15) is 4.21 Å². The minimum Gasteiger partial charge on any atom is -0.313 e. The summed E-state index contributed by atoms with van der Waals surface area (Å²) in [4.78, 5) is 0. The first-order chi connectivity index (χ1) is 6.60. The molecule has 0 aliphatic rings. The molecule has 80 valence electrons. The van der Waals surface area contributed by atoms with Gasteiger partial charge in [-0.1, -0.05) is 6.92 Å². The molecule has 14 heavy (non-hydrogen) atoms. The van der Waals surface area contributed by atoms with Gasteiger partial charge in [-0.05, 0) is 30.6 Å². The van der Waals surface area contributed by atoms with Gasteiger partial charge in [-0.25, -0.2) is 13.1 Å². The predicted molar refractivity (Wildman–Crippen MR) is 57.9 cm³/mol. The maximum atomic E-state index is 11.4. The van der Waals surface area contributed by atoms with Crippen LogP contribution in [0.15, 0.2) is 15.7 Å². The SMILES string of the molecule is CCNCc1csc(S(=O)(=O)NC)c1. The van der Waals surface area contributed by atoms with Crippen molar-refractivity contribution in [3.8, 4) is 0 Å². The lowest BCUT2D eigenvalue weighted by atomic mass is 10.3. The van der Waals surface area contributed by atoms with Crippen LogP contribution in [0.2, 0.25) is 0 Å². The van der Waals surface area contributed by atoms with Gasteiger partial charge >= 0.3 is 0 Å². The fourth-order valence-corrected chi connectivity index (χ4v) is 3.00. The van der Waals surface area contributed by atoms with Crippen molar-refractivity contribution in [2.75, 3.05) is 13.6 Å². The molecule has 0 fully saturated rings. The molecule has 0 aliphatic carbocycles. The predicted octanol–water partition coefficient (Wildman–Crippen LogP) is 0.766. The van der Waals surface area contributed by atoms with E-state index >= 15 is 0 Å². The first-order valence-electron chi connectivity index (χ1n) is 4.32. The van der Waals surface area contributed by atoms with Crippen molar-refractivity contribution >= 4 is 21.4 Å². The first kappa shape index (κ1) is 11.6. The van der Waals surface area contributed by atoms with Crippen LogP contribution in [0.1, 0.15) is 12.5 Å². The second-order valence-electron chi connectivity index (χ2n) is 2.76. The molecule has 0 spiro atoms. The Morgan fingerprint density at radius 3 is 2.79 bits per heavy atom. The number of nitrogens with one attached hydrogen (secondary N) is 2. The van der Waals surface area contributed by atoms with Crippen molar-refractivity contribution in [2.45, 2.75) is 17.7 Å². The Hall–Kier alpha value is -0.430. The zero-order chi connectivity index (χ0) is 10.6. The van der Waals surface area contributed by atoms with Crippen molar-refractivity contribution in [1.82, 2.24) is 10.0 Å². The second kappa shape index (κ2) is 4.88. The number of rotatable bonds is 5. The van der Waals surface area contributed by atoms with Gasteiger partial charge < -0.3 is 5.32 Å². The Morgan fingerprint density at radius 1 is 1.50 bits per heavy atom. The maximum Gasteiger partial charge on any atom is 0.249 e. The summed E-state index contributed by atoms with van der Waals surface area (Å²) in [5, 5.41) is 4.99. The van der Waals surface area contributed by atoms with Crippen molar-refractivity contribution in [1.29, 1.82) is 0 Å².